The van der Waals surface area contributed by atoms with Gasteiger partial charge in [0.1, 0.15) is 11.5 Å². The van der Waals surface area contributed by atoms with E-state index in [1.165, 1.54) is 0 Å². The number of anilines is 1. The molecule has 0 bridgehead atoms. The first-order valence-corrected chi connectivity index (χ1v) is 6.46. The van der Waals surface area contributed by atoms with E-state index in [0.717, 1.165) is 37.3 Å². The van der Waals surface area contributed by atoms with Crippen LogP contribution in [0.25, 0.3) is 5.65 Å². The Morgan fingerprint density at radius 2 is 2.28 bits per heavy atom. The number of rotatable bonds is 2. The molecule has 0 aromatic carbocycles. The number of Topliss-reactive ketones (excluding diaryl/α,β-unsaturated/α-hetero) is 1. The van der Waals surface area contributed by atoms with E-state index >= 15 is 0 Å². The normalized spacial score (nSPS) is 20.3. The summed E-state index contributed by atoms with van der Waals surface area (Å²) in [5.74, 6) is 1.33. The summed E-state index contributed by atoms with van der Waals surface area (Å²) in [4.78, 5) is 18.3. The maximum Gasteiger partial charge on any atom is 0.152 e. The summed E-state index contributed by atoms with van der Waals surface area (Å²) < 4.78 is 2.06. The minimum atomic E-state index is 0.0201. The Bertz CT molecular complexity index is 575. The van der Waals surface area contributed by atoms with Gasteiger partial charge in [-0.15, -0.1) is 0 Å². The van der Waals surface area contributed by atoms with Gasteiger partial charge in [0.05, 0.1) is 6.04 Å². The van der Waals surface area contributed by atoms with Crippen molar-refractivity contribution < 1.29 is 4.79 Å². The standard InChI is InChI=1S/C14H17N3O/c1-11(18)12-5-2-3-9-16(12)14-7-4-6-13-15-8-10-17(13)14/h4,6-8,10,12H,2-3,5,9H2,1H3. The van der Waals surface area contributed by atoms with E-state index in [1.54, 1.807) is 13.1 Å². The van der Waals surface area contributed by atoms with Crippen LogP contribution in [-0.4, -0.2) is 27.8 Å². The minimum absolute atomic E-state index is 0.0201. The number of ketones is 1. The molecule has 3 rings (SSSR count). The molecule has 1 unspecified atom stereocenters. The molecule has 0 radical (unpaired) electrons. The van der Waals surface area contributed by atoms with Crippen LogP contribution in [0.3, 0.4) is 0 Å². The van der Waals surface area contributed by atoms with E-state index in [9.17, 15) is 4.79 Å². The molecule has 0 aliphatic carbocycles. The molecule has 94 valence electrons. The maximum atomic E-state index is 11.8. The lowest BCUT2D eigenvalue weighted by molar-refractivity contribution is -0.118. The van der Waals surface area contributed by atoms with Crippen LogP contribution < -0.4 is 4.90 Å². The fourth-order valence-electron chi connectivity index (χ4n) is 2.80. The van der Waals surface area contributed by atoms with Crippen molar-refractivity contribution in [2.75, 3.05) is 11.4 Å². The van der Waals surface area contributed by atoms with Gasteiger partial charge in [-0.3, -0.25) is 9.20 Å². The average Bonchev–Trinajstić information content (AvgIpc) is 2.86. The third-order valence-electron chi connectivity index (χ3n) is 3.67. The van der Waals surface area contributed by atoms with Crippen molar-refractivity contribution in [1.82, 2.24) is 9.38 Å². The fraction of sp³-hybridized carbons (Fsp3) is 0.429. The second kappa shape index (κ2) is 4.44. The first-order valence-electron chi connectivity index (χ1n) is 6.46. The molecule has 4 nitrogen and oxygen atoms in total. The monoisotopic (exact) mass is 243 g/mol. The van der Waals surface area contributed by atoms with E-state index in [2.05, 4.69) is 20.4 Å². The van der Waals surface area contributed by atoms with Gasteiger partial charge in [-0.25, -0.2) is 4.98 Å². The first-order chi connectivity index (χ1) is 8.77. The number of carbonyl (C=O) groups is 1. The molecule has 1 saturated heterocycles. The Balaban J connectivity index is 2.06. The van der Waals surface area contributed by atoms with Gasteiger partial charge < -0.3 is 4.90 Å². The summed E-state index contributed by atoms with van der Waals surface area (Å²) in [6.07, 6.45) is 7.00. The number of fused-ring (bicyclic) bond motifs is 1. The minimum Gasteiger partial charge on any atom is -0.348 e. The van der Waals surface area contributed by atoms with Crippen molar-refractivity contribution in [2.45, 2.75) is 32.2 Å². The van der Waals surface area contributed by atoms with Crippen molar-refractivity contribution in [2.24, 2.45) is 0 Å². The Morgan fingerprint density at radius 1 is 1.39 bits per heavy atom. The zero-order chi connectivity index (χ0) is 12.5. The molecule has 0 amide bonds. The Labute approximate surface area is 106 Å². The molecule has 1 atom stereocenters. The summed E-state index contributed by atoms with van der Waals surface area (Å²) in [5.41, 5.74) is 0.931. The molecule has 3 heterocycles. The number of nitrogens with zero attached hydrogens (tertiary/aromatic N) is 3. The lowest BCUT2D eigenvalue weighted by Crippen LogP contribution is -2.44. The quantitative estimate of drug-likeness (QED) is 0.812. The summed E-state index contributed by atoms with van der Waals surface area (Å²) in [5, 5.41) is 0. The number of imidazole rings is 1. The zero-order valence-corrected chi connectivity index (χ0v) is 10.5. The SMILES string of the molecule is CC(=O)C1CCCCN1c1cccc2nccn12. The van der Waals surface area contributed by atoms with Crippen molar-refractivity contribution >= 4 is 17.2 Å². The molecular formula is C14H17N3O. The van der Waals surface area contributed by atoms with Gasteiger partial charge in [-0.05, 0) is 38.3 Å². The topological polar surface area (TPSA) is 37.6 Å². The lowest BCUT2D eigenvalue weighted by Gasteiger charge is -2.36. The van der Waals surface area contributed by atoms with Crippen LogP contribution in [0.1, 0.15) is 26.2 Å². The molecule has 4 heteroatoms. The van der Waals surface area contributed by atoms with Crippen LogP contribution in [0, 0.1) is 0 Å². The van der Waals surface area contributed by atoms with E-state index in [0.29, 0.717) is 0 Å². The summed E-state index contributed by atoms with van der Waals surface area (Å²) in [6, 6.07) is 6.07. The van der Waals surface area contributed by atoms with Crippen LogP contribution in [0.2, 0.25) is 0 Å². The number of piperidine rings is 1. The molecule has 18 heavy (non-hydrogen) atoms. The molecule has 1 aliphatic rings. The van der Waals surface area contributed by atoms with E-state index in [4.69, 9.17) is 0 Å². The highest BCUT2D eigenvalue weighted by atomic mass is 16.1. The summed E-state index contributed by atoms with van der Waals surface area (Å²) >= 11 is 0. The number of pyridine rings is 1. The lowest BCUT2D eigenvalue weighted by atomic mass is 9.99. The van der Waals surface area contributed by atoms with Gasteiger partial charge in [0.15, 0.2) is 5.78 Å². The first kappa shape index (κ1) is 11.3. The van der Waals surface area contributed by atoms with E-state index < -0.39 is 0 Å². The largest absolute Gasteiger partial charge is 0.348 e. The van der Waals surface area contributed by atoms with Gasteiger partial charge in [-0.2, -0.15) is 0 Å². The second-order valence-electron chi connectivity index (χ2n) is 4.86. The molecule has 2 aromatic rings. The van der Waals surface area contributed by atoms with Crippen molar-refractivity contribution in [3.8, 4) is 0 Å². The molecule has 2 aromatic heterocycles. The third-order valence-corrected chi connectivity index (χ3v) is 3.67. The van der Waals surface area contributed by atoms with Gasteiger partial charge in [0.2, 0.25) is 0 Å². The Kier molecular flexibility index (Phi) is 2.78. The highest BCUT2D eigenvalue weighted by Gasteiger charge is 2.27. The van der Waals surface area contributed by atoms with Crippen LogP contribution in [0.15, 0.2) is 30.6 Å². The van der Waals surface area contributed by atoms with Crippen molar-refractivity contribution in [3.63, 3.8) is 0 Å². The number of carbonyl (C=O) groups excluding carboxylic acids is 1. The zero-order valence-electron chi connectivity index (χ0n) is 10.5. The predicted octanol–water partition coefficient (Wildman–Crippen LogP) is 2.28. The van der Waals surface area contributed by atoms with Gasteiger partial charge in [0, 0.05) is 18.9 Å². The molecule has 0 spiro atoms. The summed E-state index contributed by atoms with van der Waals surface area (Å²) in [6.45, 7) is 2.64. The fourth-order valence-corrected chi connectivity index (χ4v) is 2.80. The van der Waals surface area contributed by atoms with Crippen LogP contribution >= 0.6 is 0 Å². The molecule has 1 aliphatic heterocycles. The van der Waals surface area contributed by atoms with Crippen molar-refractivity contribution in [1.29, 1.82) is 0 Å². The average molecular weight is 243 g/mol. The van der Waals surface area contributed by atoms with Gasteiger partial charge >= 0.3 is 0 Å². The smallest absolute Gasteiger partial charge is 0.152 e. The number of hydrogen-bond donors (Lipinski definition) is 0. The summed E-state index contributed by atoms with van der Waals surface area (Å²) in [7, 11) is 0. The Hall–Kier alpha value is -1.84. The molecule has 1 fully saturated rings. The maximum absolute atomic E-state index is 11.8. The molecule has 0 saturated carbocycles. The van der Waals surface area contributed by atoms with Gasteiger partial charge in [0.25, 0.3) is 0 Å². The van der Waals surface area contributed by atoms with Crippen LogP contribution in [0.4, 0.5) is 5.82 Å². The van der Waals surface area contributed by atoms with Crippen molar-refractivity contribution in [3.05, 3.63) is 30.6 Å². The highest BCUT2D eigenvalue weighted by Crippen LogP contribution is 2.25. The second-order valence-corrected chi connectivity index (χ2v) is 4.86. The van der Waals surface area contributed by atoms with Gasteiger partial charge in [-0.1, -0.05) is 6.07 Å². The Morgan fingerprint density at radius 3 is 3.11 bits per heavy atom. The highest BCUT2D eigenvalue weighted by molar-refractivity contribution is 5.85. The van der Waals surface area contributed by atoms with Crippen LogP contribution in [-0.2, 0) is 4.79 Å². The van der Waals surface area contributed by atoms with Crippen LogP contribution in [0.5, 0.6) is 0 Å². The molecular weight excluding hydrogens is 226 g/mol. The third kappa shape index (κ3) is 1.78. The van der Waals surface area contributed by atoms with E-state index in [1.807, 2.05) is 18.3 Å². The number of hydrogen-bond acceptors (Lipinski definition) is 3. The number of aromatic nitrogens is 2. The molecule has 0 N–H and O–H groups in total. The predicted molar refractivity (Wildman–Crippen MR) is 70.9 cm³/mol. The van der Waals surface area contributed by atoms with E-state index in [-0.39, 0.29) is 11.8 Å².